The van der Waals surface area contributed by atoms with Crippen molar-refractivity contribution in [3.8, 4) is 47.4 Å². The summed E-state index contributed by atoms with van der Waals surface area (Å²) >= 11 is 0. The lowest BCUT2D eigenvalue weighted by Gasteiger charge is -2.25. The van der Waals surface area contributed by atoms with Gasteiger partial charge in [0.2, 0.25) is 0 Å². The molecule has 0 saturated heterocycles. The van der Waals surface area contributed by atoms with Crippen molar-refractivity contribution in [3.63, 3.8) is 0 Å². The number of hydrogen-bond acceptors (Lipinski definition) is 8. The molecule has 4 aromatic carbocycles. The minimum atomic E-state index is 0.203. The fraction of sp³-hybridized carbons (Fsp3) is 0.333. The van der Waals surface area contributed by atoms with E-state index in [4.69, 9.17) is 37.9 Å². The minimum Gasteiger partial charge on any atom is -0.476 e. The lowest BCUT2D eigenvalue weighted by molar-refractivity contribution is -0.0313. The van der Waals surface area contributed by atoms with Crippen LogP contribution in [0.4, 0.5) is 0 Å². The lowest BCUT2D eigenvalue weighted by atomic mass is 9.82. The van der Waals surface area contributed by atoms with E-state index in [0.717, 1.165) is 109 Å². The van der Waals surface area contributed by atoms with Crippen molar-refractivity contribution >= 4 is 0 Å². The van der Waals surface area contributed by atoms with Crippen molar-refractivity contribution in [2.45, 2.75) is 64.6 Å². The smallest absolute Gasteiger partial charge is 0.188 e. The average Bonchev–Trinajstić information content (AvgIpc) is 3.39. The first-order valence-corrected chi connectivity index (χ1v) is 23.2. The van der Waals surface area contributed by atoms with Crippen molar-refractivity contribution in [1.29, 1.82) is 0 Å². The van der Waals surface area contributed by atoms with Crippen molar-refractivity contribution in [1.82, 2.24) is 0 Å². The summed E-state index contributed by atoms with van der Waals surface area (Å²) in [5.74, 6) is 28.5. The van der Waals surface area contributed by atoms with E-state index in [-0.39, 0.29) is 27.2 Å². The molecule has 2 saturated carbocycles. The maximum absolute atomic E-state index is 5.51. The molecule has 0 spiro atoms. The molecule has 2 aliphatic carbocycles. The van der Waals surface area contributed by atoms with Crippen LogP contribution in [0.5, 0.6) is 0 Å². The Morgan fingerprint density at radius 2 is 0.618 bits per heavy atom. The van der Waals surface area contributed by atoms with Gasteiger partial charge in [0.1, 0.15) is 0 Å². The Labute approximate surface area is 405 Å². The summed E-state index contributed by atoms with van der Waals surface area (Å²) < 4.78 is 41.7. The van der Waals surface area contributed by atoms with Crippen molar-refractivity contribution in [3.05, 3.63) is 193 Å². The third-order valence-corrected chi connectivity index (χ3v) is 11.2. The first kappa shape index (κ1) is 52.1. The predicted octanol–water partition coefficient (Wildman–Crippen LogP) is 12.0. The monoisotopic (exact) mass is 912 g/mol. The average molecular weight is 913 g/mol. The van der Waals surface area contributed by atoms with Gasteiger partial charge in [-0.05, 0) is 147 Å². The molecule has 0 unspecified atom stereocenters. The van der Waals surface area contributed by atoms with E-state index in [9.17, 15) is 0 Å². The van der Waals surface area contributed by atoms with Gasteiger partial charge in [-0.25, -0.2) is 0 Å². The van der Waals surface area contributed by atoms with Crippen LogP contribution >= 0.6 is 0 Å². The van der Waals surface area contributed by atoms with Crippen LogP contribution in [-0.4, -0.2) is 40.4 Å². The Kier molecular flexibility index (Phi) is 24.5. The van der Waals surface area contributed by atoms with E-state index < -0.39 is 0 Å². The number of rotatable bonds is 20. The first-order chi connectivity index (χ1) is 33.5. The second-order valence-corrected chi connectivity index (χ2v) is 16.3. The summed E-state index contributed by atoms with van der Waals surface area (Å²) in [5, 5.41) is 0. The summed E-state index contributed by atoms with van der Waals surface area (Å²) in [4.78, 5) is 0. The SMILES string of the molecule is C=COCOCc1ccc(C#Cc2ccc(C#CC3CCC(COCOC=C)CC3)cc2)cc1.C=COCOCc1ccc(C#Cc2ccc(C#CC3CCC(COCOC=C)CC3)cc2)cc1. The normalized spacial score (nSPS) is 16.8. The fourth-order valence-electron chi connectivity index (χ4n) is 7.38. The molecule has 0 aromatic heterocycles. The van der Waals surface area contributed by atoms with Crippen LogP contribution in [0.1, 0.15) is 95.9 Å². The molecule has 0 heterocycles. The molecule has 352 valence electrons. The maximum Gasteiger partial charge on any atom is 0.188 e. The molecule has 0 atom stereocenters. The van der Waals surface area contributed by atoms with E-state index in [2.05, 4.69) is 73.7 Å². The summed E-state index contributed by atoms with van der Waals surface area (Å²) in [7, 11) is 0. The van der Waals surface area contributed by atoms with Gasteiger partial charge in [0, 0.05) is 45.2 Å². The highest BCUT2D eigenvalue weighted by Crippen LogP contribution is 2.29. The standard InChI is InChI=1S/2C30H32O4/c2*1-3-31-23-33-21-29-17-13-27(14-18-29)11-9-25-5-7-26(8-6-25)10-12-28-15-19-30(20-16-28)22-34-24-32-4-2/h2*3-8,13-14,17-18,28,30H,1-2,15-16,19-24H2. The van der Waals surface area contributed by atoms with Crippen LogP contribution in [0.2, 0.25) is 0 Å². The van der Waals surface area contributed by atoms with Crippen LogP contribution < -0.4 is 0 Å². The zero-order valence-electron chi connectivity index (χ0n) is 39.3. The van der Waals surface area contributed by atoms with Gasteiger partial charge in [-0.2, -0.15) is 0 Å². The Bertz CT molecular complexity index is 2190. The lowest BCUT2D eigenvalue weighted by Crippen LogP contribution is -2.18. The first-order valence-electron chi connectivity index (χ1n) is 23.2. The van der Waals surface area contributed by atoms with Gasteiger partial charge in [0.05, 0.1) is 51.5 Å². The van der Waals surface area contributed by atoms with E-state index >= 15 is 0 Å². The van der Waals surface area contributed by atoms with Crippen LogP contribution in [0.3, 0.4) is 0 Å². The Hall–Kier alpha value is -6.88. The largest absolute Gasteiger partial charge is 0.476 e. The Morgan fingerprint density at radius 1 is 0.353 bits per heavy atom. The number of benzene rings is 4. The number of hydrogen-bond donors (Lipinski definition) is 0. The van der Waals surface area contributed by atoms with Crippen molar-refractivity contribution in [2.24, 2.45) is 23.7 Å². The minimum absolute atomic E-state index is 0.203. The van der Waals surface area contributed by atoms with Gasteiger partial charge < -0.3 is 37.9 Å². The highest BCUT2D eigenvalue weighted by molar-refractivity contribution is 5.47. The van der Waals surface area contributed by atoms with Crippen LogP contribution in [0, 0.1) is 71.0 Å². The molecule has 4 aromatic rings. The molecule has 2 aliphatic rings. The fourth-order valence-corrected chi connectivity index (χ4v) is 7.38. The third-order valence-electron chi connectivity index (χ3n) is 11.2. The molecule has 0 N–H and O–H groups in total. The topological polar surface area (TPSA) is 73.8 Å². The zero-order chi connectivity index (χ0) is 47.7. The third kappa shape index (κ3) is 21.2. The quantitative estimate of drug-likeness (QED) is 0.0376. The molecule has 2 fully saturated rings. The molecule has 0 bridgehead atoms. The van der Waals surface area contributed by atoms with Crippen molar-refractivity contribution in [2.75, 3.05) is 40.4 Å². The summed E-state index contributed by atoms with van der Waals surface area (Å²) in [5.41, 5.74) is 8.07. The molecule has 6 rings (SSSR count). The number of ether oxygens (including phenoxy) is 8. The molecule has 68 heavy (non-hydrogen) atoms. The van der Waals surface area contributed by atoms with E-state index in [1.807, 2.05) is 97.1 Å². The summed E-state index contributed by atoms with van der Waals surface area (Å²) in [6.45, 7) is 17.4. The molecule has 8 heteroatoms. The molecular formula is C60H64O8. The van der Waals surface area contributed by atoms with Gasteiger partial charge >= 0.3 is 0 Å². The second-order valence-electron chi connectivity index (χ2n) is 16.3. The molecule has 8 nitrogen and oxygen atoms in total. The van der Waals surface area contributed by atoms with Gasteiger partial charge in [0.25, 0.3) is 0 Å². The van der Waals surface area contributed by atoms with Crippen molar-refractivity contribution < 1.29 is 37.9 Å². The van der Waals surface area contributed by atoms with Crippen LogP contribution in [-0.2, 0) is 51.1 Å². The Balaban J connectivity index is 0.000000254. The molecular weight excluding hydrogens is 849 g/mol. The Morgan fingerprint density at radius 3 is 0.912 bits per heavy atom. The van der Waals surface area contributed by atoms with E-state index in [1.54, 1.807) is 0 Å². The predicted molar refractivity (Wildman–Crippen MR) is 268 cm³/mol. The van der Waals surface area contributed by atoms with Gasteiger partial charge in [0.15, 0.2) is 27.2 Å². The van der Waals surface area contributed by atoms with Crippen LogP contribution in [0.15, 0.2) is 148 Å². The van der Waals surface area contributed by atoms with Gasteiger partial charge in [-0.1, -0.05) is 97.9 Å². The van der Waals surface area contributed by atoms with E-state index in [0.29, 0.717) is 36.9 Å². The molecule has 0 amide bonds. The zero-order valence-corrected chi connectivity index (χ0v) is 39.3. The van der Waals surface area contributed by atoms with E-state index in [1.165, 1.54) is 25.0 Å². The van der Waals surface area contributed by atoms with Crippen LogP contribution in [0.25, 0.3) is 0 Å². The van der Waals surface area contributed by atoms with Gasteiger partial charge in [-0.3, -0.25) is 0 Å². The maximum atomic E-state index is 5.51. The molecule has 0 aliphatic heterocycles. The second kappa shape index (κ2) is 31.9. The molecule has 0 radical (unpaired) electrons. The highest BCUT2D eigenvalue weighted by atomic mass is 16.7. The highest BCUT2D eigenvalue weighted by Gasteiger charge is 2.21. The summed E-state index contributed by atoms with van der Waals surface area (Å²) in [6, 6.07) is 32.3. The van der Waals surface area contributed by atoms with Gasteiger partial charge in [-0.15, -0.1) is 0 Å². The summed E-state index contributed by atoms with van der Waals surface area (Å²) in [6.07, 6.45) is 14.7.